The lowest BCUT2D eigenvalue weighted by atomic mass is 10.1. The summed E-state index contributed by atoms with van der Waals surface area (Å²) in [5, 5.41) is 2.69. The minimum absolute atomic E-state index is 1.06. The molecule has 0 atom stereocenters. The highest BCUT2D eigenvalue weighted by Crippen LogP contribution is 2.46. The number of rotatable bonds is 0. The van der Waals surface area contributed by atoms with Crippen LogP contribution in [-0.2, 0) is 0 Å². The molecule has 4 heteroatoms. The average molecular weight is 531 g/mol. The summed E-state index contributed by atoms with van der Waals surface area (Å²) in [4.78, 5) is 2.25. The Kier molecular flexibility index (Phi) is 5.24. The van der Waals surface area contributed by atoms with E-state index in [1.165, 1.54) is 50.1 Å². The summed E-state index contributed by atoms with van der Waals surface area (Å²) in [6.07, 6.45) is 0. The van der Waals surface area contributed by atoms with Crippen LogP contribution in [-0.4, -0.2) is 0 Å². The Hall–Kier alpha value is -3.38. The summed E-state index contributed by atoms with van der Waals surface area (Å²) < 4.78 is 8.06. The maximum absolute atomic E-state index is 3.38. The van der Waals surface area contributed by atoms with Crippen molar-refractivity contribution in [2.75, 3.05) is 0 Å². The molecule has 0 bridgehead atoms. The fraction of sp³-hybridized carbons (Fsp3) is 0.0625. The smallest absolute Gasteiger partial charge is 0.0793 e. The van der Waals surface area contributed by atoms with Crippen LogP contribution in [0.25, 0.3) is 39.0 Å². The molecule has 7 rings (SSSR count). The molecule has 0 spiro atoms. The highest BCUT2D eigenvalue weighted by Gasteiger charge is 2.14. The molecule has 0 aliphatic carbocycles. The van der Waals surface area contributed by atoms with Gasteiger partial charge in [0.05, 0.1) is 19.2 Å². The molecule has 3 aromatic carbocycles. The summed E-state index contributed by atoms with van der Waals surface area (Å²) >= 11 is 7.36. The van der Waals surface area contributed by atoms with Crippen LogP contribution < -0.4 is 0 Å². The van der Waals surface area contributed by atoms with E-state index < -0.39 is 0 Å². The molecule has 4 heterocycles. The van der Waals surface area contributed by atoms with Crippen molar-refractivity contribution < 1.29 is 0 Å². The zero-order valence-electron chi connectivity index (χ0n) is 19.6. The molecule has 0 N–H and O–H groups in total. The van der Waals surface area contributed by atoms with Crippen LogP contribution in [0.5, 0.6) is 0 Å². The fourth-order valence-corrected chi connectivity index (χ4v) is 9.12. The van der Waals surface area contributed by atoms with Gasteiger partial charge in [0.15, 0.2) is 0 Å². The van der Waals surface area contributed by atoms with Gasteiger partial charge in [-0.2, -0.15) is 0 Å². The molecular weight excluding hydrogens is 513 g/mol. The van der Waals surface area contributed by atoms with Gasteiger partial charge in [0.1, 0.15) is 0 Å². The predicted molar refractivity (Wildman–Crippen MR) is 162 cm³/mol. The molecule has 4 aromatic heterocycles. The van der Waals surface area contributed by atoms with Crippen LogP contribution in [0.2, 0.25) is 0 Å². The summed E-state index contributed by atoms with van der Waals surface area (Å²) in [5.41, 5.74) is 4.63. The number of thiophene rings is 4. The molecule has 0 radical (unpaired) electrons. The Labute approximate surface area is 225 Å². The van der Waals surface area contributed by atoms with Gasteiger partial charge in [-0.1, -0.05) is 59.1 Å². The van der Waals surface area contributed by atoms with Crippen molar-refractivity contribution in [2.45, 2.75) is 13.8 Å². The Morgan fingerprint density at radius 2 is 0.889 bits per heavy atom. The number of fused-ring (bicyclic) bond motifs is 6. The third-order valence-electron chi connectivity index (χ3n) is 6.17. The molecule has 0 nitrogen and oxygen atoms in total. The van der Waals surface area contributed by atoms with Crippen LogP contribution in [0.1, 0.15) is 32.0 Å². The Morgan fingerprint density at radius 3 is 1.33 bits per heavy atom. The van der Waals surface area contributed by atoms with Gasteiger partial charge in [0.2, 0.25) is 0 Å². The lowest BCUT2D eigenvalue weighted by Gasteiger charge is -1.93. The van der Waals surface area contributed by atoms with E-state index in [0.717, 1.165) is 20.9 Å². The quantitative estimate of drug-likeness (QED) is 0.171. The molecule has 0 aliphatic rings. The van der Waals surface area contributed by atoms with E-state index in [1.807, 2.05) is 22.7 Å². The molecule has 0 fully saturated rings. The van der Waals surface area contributed by atoms with Gasteiger partial charge in [-0.25, -0.2) is 0 Å². The van der Waals surface area contributed by atoms with Crippen LogP contribution in [0.3, 0.4) is 0 Å². The zero-order chi connectivity index (χ0) is 24.2. The van der Waals surface area contributed by atoms with Gasteiger partial charge < -0.3 is 0 Å². The number of aryl methyl sites for hydroxylation is 2. The first kappa shape index (κ1) is 21.9. The predicted octanol–water partition coefficient (Wildman–Crippen LogP) is 9.96. The summed E-state index contributed by atoms with van der Waals surface area (Å²) in [7, 11) is 0. The van der Waals surface area contributed by atoms with Crippen molar-refractivity contribution in [3.8, 4) is 23.7 Å². The molecule has 0 amide bonds. The summed E-state index contributed by atoms with van der Waals surface area (Å²) in [6, 6.07) is 26.1. The summed E-state index contributed by atoms with van der Waals surface area (Å²) in [5.74, 6) is 13.4. The first-order valence-corrected chi connectivity index (χ1v) is 14.9. The third kappa shape index (κ3) is 3.94. The molecular formula is C32H18S4. The number of hydrogen-bond donors (Lipinski definition) is 0. The van der Waals surface area contributed by atoms with Gasteiger partial charge in [-0.05, 0) is 62.4 Å². The van der Waals surface area contributed by atoms with E-state index >= 15 is 0 Å². The van der Waals surface area contributed by atoms with Crippen molar-refractivity contribution in [3.05, 3.63) is 105 Å². The molecule has 0 saturated heterocycles. The lowest BCUT2D eigenvalue weighted by Crippen LogP contribution is -1.74. The topological polar surface area (TPSA) is 0 Å². The molecule has 0 aliphatic heterocycles. The molecule has 0 saturated carbocycles. The Bertz CT molecular complexity index is 1900. The second-order valence-corrected chi connectivity index (χ2v) is 13.2. The van der Waals surface area contributed by atoms with Crippen molar-refractivity contribution >= 4 is 84.3 Å². The Balaban J connectivity index is 1.28. The van der Waals surface area contributed by atoms with Gasteiger partial charge >= 0.3 is 0 Å². The standard InChI is InChI=1S/C32H18S4/c1-19-3-7-21(8-4-19)11-13-23-15-29-31(33-23)25-17-26-28(18-27(25)35-29)36-30-16-24(34-32(26)30)14-12-22-9-5-20(2)6-10-22/h3-10,15-18H,1-2H3. The Morgan fingerprint density at radius 1 is 0.444 bits per heavy atom. The normalized spacial score (nSPS) is 11.2. The van der Waals surface area contributed by atoms with E-state index in [4.69, 9.17) is 0 Å². The van der Waals surface area contributed by atoms with Crippen molar-refractivity contribution in [2.24, 2.45) is 0 Å². The van der Waals surface area contributed by atoms with Crippen molar-refractivity contribution in [3.63, 3.8) is 0 Å². The van der Waals surface area contributed by atoms with E-state index in [1.54, 1.807) is 22.7 Å². The monoisotopic (exact) mass is 530 g/mol. The second kappa shape index (κ2) is 8.63. The van der Waals surface area contributed by atoms with Gasteiger partial charge in [0, 0.05) is 40.7 Å². The molecule has 36 heavy (non-hydrogen) atoms. The summed E-state index contributed by atoms with van der Waals surface area (Å²) in [6.45, 7) is 4.20. The second-order valence-electron chi connectivity index (χ2n) is 8.89. The third-order valence-corrected chi connectivity index (χ3v) is 10.8. The fourth-order valence-electron chi connectivity index (χ4n) is 4.26. The van der Waals surface area contributed by atoms with Gasteiger partial charge in [0.25, 0.3) is 0 Å². The van der Waals surface area contributed by atoms with Crippen molar-refractivity contribution in [1.29, 1.82) is 0 Å². The highest BCUT2D eigenvalue weighted by molar-refractivity contribution is 7.34. The minimum Gasteiger partial charge on any atom is -0.134 e. The minimum atomic E-state index is 1.06. The number of benzene rings is 3. The van der Waals surface area contributed by atoms with E-state index in [2.05, 4.69) is 110 Å². The van der Waals surface area contributed by atoms with Crippen LogP contribution in [0.4, 0.5) is 0 Å². The van der Waals surface area contributed by atoms with Crippen LogP contribution >= 0.6 is 45.3 Å². The van der Waals surface area contributed by atoms with E-state index in [-0.39, 0.29) is 0 Å². The average Bonchev–Trinajstić information content (AvgIpc) is 3.61. The SMILES string of the molecule is Cc1ccc(C#Cc2cc3sc4cc5sc6cc(C#Cc7ccc(C)cc7)sc6c5cc4c3s2)cc1. The molecule has 0 unspecified atom stereocenters. The first-order valence-electron chi connectivity index (χ1n) is 11.6. The van der Waals surface area contributed by atoms with Gasteiger partial charge in [-0.3, -0.25) is 0 Å². The largest absolute Gasteiger partial charge is 0.134 e. The maximum atomic E-state index is 3.38. The number of hydrogen-bond acceptors (Lipinski definition) is 4. The maximum Gasteiger partial charge on any atom is 0.0793 e. The zero-order valence-corrected chi connectivity index (χ0v) is 22.8. The highest BCUT2D eigenvalue weighted by atomic mass is 32.1. The van der Waals surface area contributed by atoms with E-state index in [0.29, 0.717) is 0 Å². The molecule has 170 valence electrons. The van der Waals surface area contributed by atoms with E-state index in [9.17, 15) is 0 Å². The molecule has 7 aromatic rings. The lowest BCUT2D eigenvalue weighted by molar-refractivity contribution is 1.46. The van der Waals surface area contributed by atoms with Gasteiger partial charge in [-0.15, -0.1) is 45.3 Å². The van der Waals surface area contributed by atoms with Crippen molar-refractivity contribution in [1.82, 2.24) is 0 Å². The van der Waals surface area contributed by atoms with Crippen LogP contribution in [0.15, 0.2) is 72.8 Å². The van der Waals surface area contributed by atoms with Crippen LogP contribution in [0, 0.1) is 37.5 Å². The first-order chi connectivity index (χ1) is 17.6.